The number of nitrogens with two attached hydrogens (primary N) is 1. The summed E-state index contributed by atoms with van der Waals surface area (Å²) in [6.45, 7) is 6.89. The van der Waals surface area contributed by atoms with Gasteiger partial charge in [0.1, 0.15) is 5.84 Å². The summed E-state index contributed by atoms with van der Waals surface area (Å²) in [7, 11) is 0. The SMILES string of the molecule is Cc1cc(NCCCC(C)(C)C(N)=NO)ccc1Br. The van der Waals surface area contributed by atoms with Crippen molar-refractivity contribution in [3.05, 3.63) is 28.2 Å². The van der Waals surface area contributed by atoms with Crippen LogP contribution >= 0.6 is 15.9 Å². The van der Waals surface area contributed by atoms with Gasteiger partial charge in [0.15, 0.2) is 0 Å². The summed E-state index contributed by atoms with van der Waals surface area (Å²) >= 11 is 3.48. The highest BCUT2D eigenvalue weighted by atomic mass is 79.9. The van der Waals surface area contributed by atoms with E-state index in [4.69, 9.17) is 10.9 Å². The highest BCUT2D eigenvalue weighted by Crippen LogP contribution is 2.23. The summed E-state index contributed by atoms with van der Waals surface area (Å²) in [6.07, 6.45) is 1.82. The van der Waals surface area contributed by atoms with E-state index < -0.39 is 0 Å². The maximum Gasteiger partial charge on any atom is 0.144 e. The number of aryl methyl sites for hydroxylation is 1. The Kier molecular flexibility index (Phi) is 5.66. The molecule has 0 aliphatic carbocycles. The Hall–Kier alpha value is -1.23. The van der Waals surface area contributed by atoms with Crippen LogP contribution in [0.2, 0.25) is 0 Å². The van der Waals surface area contributed by atoms with Gasteiger partial charge in [-0.25, -0.2) is 0 Å². The van der Waals surface area contributed by atoms with Gasteiger partial charge in [-0.05, 0) is 43.5 Å². The molecular formula is C14H22BrN3O. The van der Waals surface area contributed by atoms with Crippen molar-refractivity contribution in [2.45, 2.75) is 33.6 Å². The van der Waals surface area contributed by atoms with Crippen LogP contribution in [0.4, 0.5) is 5.69 Å². The molecule has 106 valence electrons. The number of benzene rings is 1. The Morgan fingerprint density at radius 3 is 2.74 bits per heavy atom. The second-order valence-electron chi connectivity index (χ2n) is 5.36. The summed E-state index contributed by atoms with van der Waals surface area (Å²) < 4.78 is 1.12. The summed E-state index contributed by atoms with van der Waals surface area (Å²) in [6, 6.07) is 6.20. The molecule has 0 radical (unpaired) electrons. The lowest BCUT2D eigenvalue weighted by Crippen LogP contribution is -2.32. The molecule has 5 heteroatoms. The van der Waals surface area contributed by atoms with Crippen LogP contribution in [0, 0.1) is 12.3 Å². The van der Waals surface area contributed by atoms with Gasteiger partial charge in [0, 0.05) is 22.1 Å². The molecule has 4 nitrogen and oxygen atoms in total. The Balaban J connectivity index is 2.41. The van der Waals surface area contributed by atoms with Gasteiger partial charge in [-0.1, -0.05) is 34.9 Å². The van der Waals surface area contributed by atoms with Crippen molar-refractivity contribution in [1.82, 2.24) is 0 Å². The van der Waals surface area contributed by atoms with Gasteiger partial charge in [-0.2, -0.15) is 0 Å². The van der Waals surface area contributed by atoms with Gasteiger partial charge in [0.25, 0.3) is 0 Å². The van der Waals surface area contributed by atoms with Gasteiger partial charge in [0.05, 0.1) is 0 Å². The van der Waals surface area contributed by atoms with Gasteiger partial charge in [-0.15, -0.1) is 0 Å². The van der Waals surface area contributed by atoms with Crippen LogP contribution in [-0.4, -0.2) is 17.6 Å². The van der Waals surface area contributed by atoms with E-state index in [1.165, 1.54) is 5.56 Å². The molecule has 19 heavy (non-hydrogen) atoms. The fourth-order valence-corrected chi connectivity index (χ4v) is 2.03. The number of nitrogens with one attached hydrogen (secondary N) is 1. The van der Waals surface area contributed by atoms with Crippen molar-refractivity contribution in [3.8, 4) is 0 Å². The minimum Gasteiger partial charge on any atom is -0.409 e. The lowest BCUT2D eigenvalue weighted by Gasteiger charge is -2.22. The average molecular weight is 328 g/mol. The molecule has 1 aromatic rings. The summed E-state index contributed by atoms with van der Waals surface area (Å²) in [5.74, 6) is 0.284. The molecule has 0 aliphatic heterocycles. The van der Waals surface area contributed by atoms with E-state index in [-0.39, 0.29) is 11.3 Å². The molecule has 0 amide bonds. The molecule has 0 saturated carbocycles. The lowest BCUT2D eigenvalue weighted by molar-refractivity contribution is 0.305. The number of rotatable bonds is 6. The molecule has 0 heterocycles. The van der Waals surface area contributed by atoms with Gasteiger partial charge in [-0.3, -0.25) is 0 Å². The average Bonchev–Trinajstić information content (AvgIpc) is 2.37. The van der Waals surface area contributed by atoms with Gasteiger partial charge < -0.3 is 16.3 Å². The van der Waals surface area contributed by atoms with Crippen LogP contribution in [0.25, 0.3) is 0 Å². The Morgan fingerprint density at radius 2 is 2.16 bits per heavy atom. The van der Waals surface area contributed by atoms with Crippen molar-refractivity contribution in [2.75, 3.05) is 11.9 Å². The first-order valence-corrected chi connectivity index (χ1v) is 7.14. The van der Waals surface area contributed by atoms with Crippen molar-refractivity contribution in [3.63, 3.8) is 0 Å². The Labute approximate surface area is 123 Å². The van der Waals surface area contributed by atoms with E-state index in [1.54, 1.807) is 0 Å². The molecule has 0 spiro atoms. The van der Waals surface area contributed by atoms with Crippen LogP contribution in [0.15, 0.2) is 27.8 Å². The van der Waals surface area contributed by atoms with Gasteiger partial charge in [0.2, 0.25) is 0 Å². The van der Waals surface area contributed by atoms with E-state index in [0.29, 0.717) is 0 Å². The zero-order valence-corrected chi connectivity index (χ0v) is 13.3. The van der Waals surface area contributed by atoms with E-state index in [0.717, 1.165) is 29.5 Å². The molecule has 0 saturated heterocycles. The van der Waals surface area contributed by atoms with E-state index >= 15 is 0 Å². The van der Waals surface area contributed by atoms with E-state index in [2.05, 4.69) is 39.4 Å². The molecule has 0 fully saturated rings. The van der Waals surface area contributed by atoms with Crippen LogP contribution in [-0.2, 0) is 0 Å². The topological polar surface area (TPSA) is 70.6 Å². The first kappa shape index (κ1) is 15.8. The second kappa shape index (κ2) is 6.80. The summed E-state index contributed by atoms with van der Waals surface area (Å²) in [4.78, 5) is 0. The molecule has 0 unspecified atom stereocenters. The lowest BCUT2D eigenvalue weighted by atomic mass is 9.86. The molecule has 1 aromatic carbocycles. The predicted molar refractivity (Wildman–Crippen MR) is 83.8 cm³/mol. The van der Waals surface area contributed by atoms with Crippen LogP contribution < -0.4 is 11.1 Å². The molecule has 0 aliphatic rings. The monoisotopic (exact) mass is 327 g/mol. The standard InChI is InChI=1S/C14H22BrN3O/c1-10-9-11(5-6-12(10)15)17-8-4-7-14(2,3)13(16)18-19/h5-6,9,17,19H,4,7-8H2,1-3H3,(H2,16,18). The van der Waals surface area contributed by atoms with Crippen molar-refractivity contribution < 1.29 is 5.21 Å². The Morgan fingerprint density at radius 1 is 1.47 bits per heavy atom. The maximum absolute atomic E-state index is 8.70. The second-order valence-corrected chi connectivity index (χ2v) is 6.22. The molecule has 0 atom stereocenters. The van der Waals surface area contributed by atoms with Crippen LogP contribution in [0.5, 0.6) is 0 Å². The molecular weight excluding hydrogens is 306 g/mol. The van der Waals surface area contributed by atoms with Crippen molar-refractivity contribution in [2.24, 2.45) is 16.3 Å². The number of oxime groups is 1. The number of nitrogens with zero attached hydrogens (tertiary/aromatic N) is 1. The summed E-state index contributed by atoms with van der Waals surface area (Å²) in [5.41, 5.74) is 7.71. The van der Waals surface area contributed by atoms with E-state index in [9.17, 15) is 0 Å². The summed E-state index contributed by atoms with van der Waals surface area (Å²) in [5, 5.41) is 15.2. The molecule has 0 aromatic heterocycles. The molecule has 1 rings (SSSR count). The number of hydrogen-bond acceptors (Lipinski definition) is 3. The number of halogens is 1. The van der Waals surface area contributed by atoms with Crippen molar-refractivity contribution in [1.29, 1.82) is 0 Å². The molecule has 4 N–H and O–H groups in total. The quantitative estimate of drug-likeness (QED) is 0.245. The Bertz CT molecular complexity index is 458. The minimum absolute atomic E-state index is 0.272. The van der Waals surface area contributed by atoms with Crippen LogP contribution in [0.3, 0.4) is 0 Å². The van der Waals surface area contributed by atoms with Crippen molar-refractivity contribution >= 4 is 27.5 Å². The number of hydrogen-bond donors (Lipinski definition) is 3. The fraction of sp³-hybridized carbons (Fsp3) is 0.500. The predicted octanol–water partition coefficient (Wildman–Crippen LogP) is 3.72. The largest absolute Gasteiger partial charge is 0.409 e. The smallest absolute Gasteiger partial charge is 0.144 e. The van der Waals surface area contributed by atoms with Crippen LogP contribution in [0.1, 0.15) is 32.3 Å². The third-order valence-electron chi connectivity index (χ3n) is 3.27. The third kappa shape index (κ3) is 4.74. The minimum atomic E-state index is -0.272. The van der Waals surface area contributed by atoms with E-state index in [1.807, 2.05) is 26.0 Å². The fourth-order valence-electron chi connectivity index (χ4n) is 1.78. The molecule has 0 bridgehead atoms. The first-order valence-electron chi connectivity index (χ1n) is 6.35. The number of amidine groups is 1. The highest BCUT2D eigenvalue weighted by Gasteiger charge is 2.22. The number of anilines is 1. The zero-order valence-electron chi connectivity index (χ0n) is 11.7. The highest BCUT2D eigenvalue weighted by molar-refractivity contribution is 9.10. The normalized spacial score (nSPS) is 12.5. The zero-order chi connectivity index (χ0) is 14.5. The maximum atomic E-state index is 8.70. The third-order valence-corrected chi connectivity index (χ3v) is 4.16. The van der Waals surface area contributed by atoms with Gasteiger partial charge >= 0.3 is 0 Å². The first-order chi connectivity index (χ1) is 8.86.